The first-order valence-corrected chi connectivity index (χ1v) is 10.8. The summed E-state index contributed by atoms with van der Waals surface area (Å²) < 4.78 is 38.0. The fourth-order valence-corrected chi connectivity index (χ4v) is 3.73. The van der Waals surface area contributed by atoms with Gasteiger partial charge in [-0.25, -0.2) is 13.1 Å². The summed E-state index contributed by atoms with van der Waals surface area (Å²) >= 11 is 0. The smallest absolute Gasteiger partial charge is 0.264 e. The third kappa shape index (κ3) is 4.98. The van der Waals surface area contributed by atoms with Crippen LogP contribution in [0.2, 0.25) is 0 Å². The molecule has 3 aromatic rings. The van der Waals surface area contributed by atoms with Crippen LogP contribution < -0.4 is 14.8 Å². The number of carbonyl (C=O) groups is 1. The van der Waals surface area contributed by atoms with Gasteiger partial charge in [-0.2, -0.15) is 0 Å². The molecular weight excluding hydrogens is 406 g/mol. The van der Waals surface area contributed by atoms with Gasteiger partial charge in [-0.15, -0.1) is 0 Å². The number of hydrogen-bond acceptors (Lipinski definition) is 6. The summed E-state index contributed by atoms with van der Waals surface area (Å²) in [4.78, 5) is 12.2. The molecule has 0 atom stereocenters. The molecule has 0 saturated carbocycles. The van der Waals surface area contributed by atoms with Gasteiger partial charge in [0.1, 0.15) is 5.75 Å². The van der Waals surface area contributed by atoms with Crippen molar-refractivity contribution in [3.8, 4) is 5.75 Å². The lowest BCUT2D eigenvalue weighted by Gasteiger charge is -2.11. The fourth-order valence-electron chi connectivity index (χ4n) is 2.69. The number of aromatic nitrogens is 1. The number of hydrogen-bond donors (Lipinski definition) is 2. The largest absolute Gasteiger partial charge is 0.483 e. The van der Waals surface area contributed by atoms with Gasteiger partial charge in [-0.3, -0.25) is 4.79 Å². The van der Waals surface area contributed by atoms with Crippen LogP contribution in [-0.4, -0.2) is 26.1 Å². The van der Waals surface area contributed by atoms with E-state index in [1.54, 1.807) is 13.8 Å². The predicted octanol–water partition coefficient (Wildman–Crippen LogP) is 3.67. The Kier molecular flexibility index (Phi) is 6.41. The number of ether oxygens (including phenoxy) is 1. The van der Waals surface area contributed by atoms with E-state index in [0.29, 0.717) is 22.7 Å². The molecule has 2 N–H and O–H groups in total. The first kappa shape index (κ1) is 21.4. The monoisotopic (exact) mass is 429 g/mol. The van der Waals surface area contributed by atoms with Crippen LogP contribution in [0.5, 0.6) is 5.75 Å². The van der Waals surface area contributed by atoms with E-state index < -0.39 is 10.0 Å². The van der Waals surface area contributed by atoms with Crippen molar-refractivity contribution in [2.45, 2.75) is 32.1 Å². The standard InChI is InChI=1S/C21H23N3O5S/c1-4-16-7-5-6-8-19(16)28-13-20(25)22-17-9-11-18(12-10-17)30(26,27)24-21-14(2)15(3)23-29-21/h5-12,24H,4,13H2,1-3H3,(H,22,25). The summed E-state index contributed by atoms with van der Waals surface area (Å²) in [6.07, 6.45) is 0.801. The van der Waals surface area contributed by atoms with Crippen molar-refractivity contribution in [2.24, 2.45) is 0 Å². The highest BCUT2D eigenvalue weighted by molar-refractivity contribution is 7.92. The molecule has 0 aliphatic rings. The number of sulfonamides is 1. The second-order valence-corrected chi connectivity index (χ2v) is 8.33. The average Bonchev–Trinajstić information content (AvgIpc) is 3.04. The van der Waals surface area contributed by atoms with Crippen LogP contribution in [0.3, 0.4) is 0 Å². The minimum Gasteiger partial charge on any atom is -0.483 e. The molecule has 1 heterocycles. The van der Waals surface area contributed by atoms with Crippen molar-refractivity contribution in [3.63, 3.8) is 0 Å². The number of nitrogens with one attached hydrogen (secondary N) is 2. The van der Waals surface area contributed by atoms with Crippen LogP contribution in [0.25, 0.3) is 0 Å². The number of aryl methyl sites for hydroxylation is 2. The lowest BCUT2D eigenvalue weighted by Crippen LogP contribution is -2.20. The Morgan fingerprint density at radius 1 is 1.10 bits per heavy atom. The van der Waals surface area contributed by atoms with Crippen molar-refractivity contribution >= 4 is 27.5 Å². The molecule has 0 radical (unpaired) electrons. The molecule has 0 aliphatic heterocycles. The number of amides is 1. The van der Waals surface area contributed by atoms with Crippen molar-refractivity contribution in [1.82, 2.24) is 5.16 Å². The second kappa shape index (κ2) is 9.00. The zero-order valence-electron chi connectivity index (χ0n) is 16.9. The summed E-state index contributed by atoms with van der Waals surface area (Å²) in [6, 6.07) is 13.3. The van der Waals surface area contributed by atoms with Gasteiger partial charge < -0.3 is 14.6 Å². The van der Waals surface area contributed by atoms with Crippen molar-refractivity contribution in [3.05, 3.63) is 65.4 Å². The zero-order chi connectivity index (χ0) is 21.7. The highest BCUT2D eigenvalue weighted by Gasteiger charge is 2.19. The van der Waals surface area contributed by atoms with E-state index in [2.05, 4.69) is 15.2 Å². The second-order valence-electron chi connectivity index (χ2n) is 6.65. The minimum absolute atomic E-state index is 0.0297. The summed E-state index contributed by atoms with van der Waals surface area (Å²) in [5, 5.41) is 6.41. The van der Waals surface area contributed by atoms with Crippen LogP contribution in [-0.2, 0) is 21.2 Å². The molecule has 1 aromatic heterocycles. The Labute approximate surface area is 175 Å². The summed E-state index contributed by atoms with van der Waals surface area (Å²) in [7, 11) is -3.84. The van der Waals surface area contributed by atoms with E-state index in [1.807, 2.05) is 31.2 Å². The number of rotatable bonds is 8. The highest BCUT2D eigenvalue weighted by Crippen LogP contribution is 2.23. The third-order valence-corrected chi connectivity index (χ3v) is 5.89. The Morgan fingerprint density at radius 3 is 2.43 bits per heavy atom. The van der Waals surface area contributed by atoms with Gasteiger partial charge in [0.05, 0.1) is 10.6 Å². The summed E-state index contributed by atoms with van der Waals surface area (Å²) in [6.45, 7) is 5.29. The van der Waals surface area contributed by atoms with Crippen molar-refractivity contribution in [2.75, 3.05) is 16.6 Å². The molecule has 0 saturated heterocycles. The van der Waals surface area contributed by atoms with E-state index in [-0.39, 0.29) is 23.3 Å². The maximum atomic E-state index is 12.5. The molecule has 8 nitrogen and oxygen atoms in total. The number of benzene rings is 2. The molecular formula is C21H23N3O5S. The Morgan fingerprint density at radius 2 is 1.80 bits per heavy atom. The van der Waals surface area contributed by atoms with Crippen molar-refractivity contribution < 1.29 is 22.5 Å². The van der Waals surface area contributed by atoms with Gasteiger partial charge in [0.15, 0.2) is 6.61 Å². The van der Waals surface area contributed by atoms with Crippen LogP contribution in [0.15, 0.2) is 57.9 Å². The van der Waals surface area contributed by atoms with Crippen LogP contribution in [0.1, 0.15) is 23.7 Å². The van der Waals surface area contributed by atoms with E-state index in [9.17, 15) is 13.2 Å². The Bertz CT molecular complexity index is 1140. The first-order valence-electron chi connectivity index (χ1n) is 9.36. The van der Waals surface area contributed by atoms with Crippen LogP contribution in [0.4, 0.5) is 11.6 Å². The molecule has 0 fully saturated rings. The molecule has 30 heavy (non-hydrogen) atoms. The van der Waals surface area contributed by atoms with Gasteiger partial charge in [0.25, 0.3) is 15.9 Å². The van der Waals surface area contributed by atoms with E-state index in [0.717, 1.165) is 12.0 Å². The normalized spacial score (nSPS) is 11.2. The Balaban J connectivity index is 1.61. The molecule has 0 spiro atoms. The number of anilines is 2. The topological polar surface area (TPSA) is 111 Å². The molecule has 9 heteroatoms. The maximum absolute atomic E-state index is 12.5. The van der Waals surface area contributed by atoms with Gasteiger partial charge in [-0.05, 0) is 56.2 Å². The number of carbonyl (C=O) groups excluding carboxylic acids is 1. The van der Waals surface area contributed by atoms with Crippen LogP contribution in [0, 0.1) is 13.8 Å². The Hall–Kier alpha value is -3.33. The molecule has 2 aromatic carbocycles. The number of para-hydroxylation sites is 1. The summed E-state index contributed by atoms with van der Waals surface area (Å²) in [5.41, 5.74) is 2.70. The SMILES string of the molecule is CCc1ccccc1OCC(=O)Nc1ccc(S(=O)(=O)Nc2onc(C)c2C)cc1. The molecule has 0 aliphatic carbocycles. The minimum atomic E-state index is -3.84. The number of nitrogens with zero attached hydrogens (tertiary/aromatic N) is 1. The predicted molar refractivity (Wildman–Crippen MR) is 113 cm³/mol. The lowest BCUT2D eigenvalue weighted by molar-refractivity contribution is -0.118. The highest BCUT2D eigenvalue weighted by atomic mass is 32.2. The zero-order valence-corrected chi connectivity index (χ0v) is 17.7. The first-order chi connectivity index (χ1) is 14.3. The van der Waals surface area contributed by atoms with Gasteiger partial charge in [0, 0.05) is 11.3 Å². The molecule has 0 bridgehead atoms. The summed E-state index contributed by atoms with van der Waals surface area (Å²) in [5.74, 6) is 0.400. The molecule has 158 valence electrons. The fraction of sp³-hybridized carbons (Fsp3) is 0.238. The average molecular weight is 429 g/mol. The van der Waals surface area contributed by atoms with Crippen LogP contribution >= 0.6 is 0 Å². The van der Waals surface area contributed by atoms with Gasteiger partial charge in [0.2, 0.25) is 5.88 Å². The van der Waals surface area contributed by atoms with Gasteiger partial charge in [-0.1, -0.05) is 30.3 Å². The lowest BCUT2D eigenvalue weighted by atomic mass is 10.1. The van der Waals surface area contributed by atoms with E-state index in [1.165, 1.54) is 24.3 Å². The van der Waals surface area contributed by atoms with Crippen molar-refractivity contribution in [1.29, 1.82) is 0 Å². The van der Waals surface area contributed by atoms with E-state index in [4.69, 9.17) is 9.26 Å². The molecule has 3 rings (SSSR count). The quantitative estimate of drug-likeness (QED) is 0.565. The maximum Gasteiger partial charge on any atom is 0.264 e. The third-order valence-electron chi connectivity index (χ3n) is 4.54. The van der Waals surface area contributed by atoms with E-state index >= 15 is 0 Å². The molecule has 0 unspecified atom stereocenters. The molecule has 1 amide bonds. The van der Waals surface area contributed by atoms with Gasteiger partial charge >= 0.3 is 0 Å².